The maximum absolute atomic E-state index is 11.8. The number of aromatic nitrogens is 4. The van der Waals surface area contributed by atoms with Gasteiger partial charge in [0.15, 0.2) is 0 Å². The number of ether oxygens (including phenoxy) is 2. The summed E-state index contributed by atoms with van der Waals surface area (Å²) in [5.74, 6) is 2.10. The Morgan fingerprint density at radius 1 is 1.14 bits per heavy atom. The summed E-state index contributed by atoms with van der Waals surface area (Å²) >= 11 is 0. The van der Waals surface area contributed by atoms with Crippen molar-refractivity contribution < 1.29 is 23.9 Å². The topological polar surface area (TPSA) is 135 Å². The standard InChI is InChI=1S/C27H27N5O5/c1-13-24(14(2)37-32-13)19-10-21-18(11-22(19)36-5)25-26(28-15(3)29-27(25)31-21)30-20(12-23(33)34)16-7-6-8-17(9-16)35-4/h6-11,20H,12H2,1-5H3,(H,33,34)(H2,28,29,30,31)/t20-/m1/s1. The van der Waals surface area contributed by atoms with Gasteiger partial charge in [-0.2, -0.15) is 0 Å². The smallest absolute Gasteiger partial charge is 0.305 e. The average molecular weight is 502 g/mol. The van der Waals surface area contributed by atoms with Crippen LogP contribution in [0.3, 0.4) is 0 Å². The Morgan fingerprint density at radius 2 is 1.95 bits per heavy atom. The lowest BCUT2D eigenvalue weighted by atomic mass is 10.0. The predicted octanol–water partition coefficient (Wildman–Crippen LogP) is 5.34. The summed E-state index contributed by atoms with van der Waals surface area (Å²) in [4.78, 5) is 24.4. The van der Waals surface area contributed by atoms with Crippen molar-refractivity contribution in [2.75, 3.05) is 19.5 Å². The summed E-state index contributed by atoms with van der Waals surface area (Å²) in [6, 6.07) is 10.7. The molecule has 190 valence electrons. The summed E-state index contributed by atoms with van der Waals surface area (Å²) in [6.45, 7) is 5.55. The zero-order valence-electron chi connectivity index (χ0n) is 21.2. The third-order valence-electron chi connectivity index (χ3n) is 6.37. The second kappa shape index (κ2) is 9.45. The molecule has 0 saturated heterocycles. The molecule has 0 amide bonds. The van der Waals surface area contributed by atoms with Crippen molar-refractivity contribution in [3.05, 3.63) is 59.2 Å². The minimum atomic E-state index is -0.938. The maximum atomic E-state index is 11.8. The van der Waals surface area contributed by atoms with Crippen molar-refractivity contribution in [2.45, 2.75) is 33.2 Å². The number of benzene rings is 2. The number of methoxy groups -OCH3 is 2. The van der Waals surface area contributed by atoms with Gasteiger partial charge in [-0.3, -0.25) is 4.79 Å². The van der Waals surface area contributed by atoms with Crippen LogP contribution in [-0.2, 0) is 4.79 Å². The molecule has 0 aliphatic rings. The van der Waals surface area contributed by atoms with Crippen LogP contribution in [0.1, 0.15) is 35.3 Å². The summed E-state index contributed by atoms with van der Waals surface area (Å²) in [5, 5.41) is 18.7. The first-order valence-electron chi connectivity index (χ1n) is 11.7. The molecule has 10 heteroatoms. The number of hydrogen-bond donors (Lipinski definition) is 3. The molecule has 0 radical (unpaired) electrons. The number of nitrogens with zero attached hydrogens (tertiary/aromatic N) is 3. The Kier molecular flexibility index (Phi) is 6.16. The van der Waals surface area contributed by atoms with Crippen LogP contribution >= 0.6 is 0 Å². The minimum absolute atomic E-state index is 0.153. The van der Waals surface area contributed by atoms with Crippen molar-refractivity contribution in [1.82, 2.24) is 20.1 Å². The molecule has 0 spiro atoms. The quantitative estimate of drug-likeness (QED) is 0.257. The van der Waals surface area contributed by atoms with Crippen LogP contribution in [0, 0.1) is 20.8 Å². The van der Waals surface area contributed by atoms with Gasteiger partial charge in [-0.1, -0.05) is 17.3 Å². The normalized spacial score (nSPS) is 12.1. The van der Waals surface area contributed by atoms with Gasteiger partial charge < -0.3 is 29.4 Å². The number of carboxylic acids is 1. The molecule has 3 N–H and O–H groups in total. The first-order chi connectivity index (χ1) is 17.8. The summed E-state index contributed by atoms with van der Waals surface area (Å²) in [5.41, 5.74) is 4.70. The SMILES string of the molecule is COc1cccc([C@@H](CC(=O)O)Nc2nc(C)nc3[nH]c4cc(-c5c(C)noc5C)c(OC)cc4c23)c1. The van der Waals surface area contributed by atoms with E-state index < -0.39 is 12.0 Å². The lowest BCUT2D eigenvalue weighted by Gasteiger charge is -2.19. The van der Waals surface area contributed by atoms with Gasteiger partial charge in [0, 0.05) is 16.5 Å². The van der Waals surface area contributed by atoms with Gasteiger partial charge in [-0.15, -0.1) is 0 Å². The Morgan fingerprint density at radius 3 is 2.62 bits per heavy atom. The van der Waals surface area contributed by atoms with Crippen LogP contribution in [0.2, 0.25) is 0 Å². The van der Waals surface area contributed by atoms with Gasteiger partial charge in [0.25, 0.3) is 0 Å². The number of aliphatic carboxylic acids is 1. The molecular formula is C27H27N5O5. The number of rotatable bonds is 8. The van der Waals surface area contributed by atoms with Gasteiger partial charge in [0.2, 0.25) is 0 Å². The molecule has 10 nitrogen and oxygen atoms in total. The molecule has 0 unspecified atom stereocenters. The summed E-state index contributed by atoms with van der Waals surface area (Å²) < 4.78 is 16.5. The van der Waals surface area contributed by atoms with Gasteiger partial charge in [-0.25, -0.2) is 9.97 Å². The number of H-pyrrole nitrogens is 1. The zero-order valence-corrected chi connectivity index (χ0v) is 21.2. The molecule has 0 saturated carbocycles. The second-order valence-corrected chi connectivity index (χ2v) is 8.84. The van der Waals surface area contributed by atoms with Crippen molar-refractivity contribution in [2.24, 2.45) is 0 Å². The van der Waals surface area contributed by atoms with Gasteiger partial charge in [-0.05, 0) is 50.6 Å². The van der Waals surface area contributed by atoms with Crippen molar-refractivity contribution in [3.63, 3.8) is 0 Å². The van der Waals surface area contributed by atoms with E-state index in [1.165, 1.54) is 0 Å². The first kappa shape index (κ1) is 24.1. The highest BCUT2D eigenvalue weighted by atomic mass is 16.5. The highest BCUT2D eigenvalue weighted by molar-refractivity contribution is 6.13. The monoisotopic (exact) mass is 501 g/mol. The van der Waals surface area contributed by atoms with Gasteiger partial charge in [0.05, 0.1) is 43.3 Å². The van der Waals surface area contributed by atoms with Gasteiger partial charge in [0.1, 0.15) is 34.5 Å². The lowest BCUT2D eigenvalue weighted by molar-refractivity contribution is -0.137. The van der Waals surface area contributed by atoms with E-state index in [4.69, 9.17) is 14.0 Å². The molecule has 0 aliphatic carbocycles. The molecule has 0 aliphatic heterocycles. The molecule has 5 rings (SSSR count). The average Bonchev–Trinajstić information content (AvgIpc) is 3.40. The summed E-state index contributed by atoms with van der Waals surface area (Å²) in [7, 11) is 3.19. The number of anilines is 1. The van der Waals surface area contributed by atoms with Gasteiger partial charge >= 0.3 is 5.97 Å². The van der Waals surface area contributed by atoms with E-state index in [0.29, 0.717) is 34.5 Å². The fourth-order valence-electron chi connectivity index (χ4n) is 4.72. The van der Waals surface area contributed by atoms with E-state index in [1.807, 2.05) is 50.2 Å². The van der Waals surface area contributed by atoms with Crippen LogP contribution in [-0.4, -0.2) is 45.4 Å². The molecule has 2 aromatic carbocycles. The molecular weight excluding hydrogens is 474 g/mol. The third kappa shape index (κ3) is 4.42. The van der Waals surface area contributed by atoms with E-state index in [-0.39, 0.29) is 6.42 Å². The Hall–Kier alpha value is -4.60. The maximum Gasteiger partial charge on any atom is 0.305 e. The van der Waals surface area contributed by atoms with E-state index in [2.05, 4.69) is 25.4 Å². The van der Waals surface area contributed by atoms with Crippen molar-refractivity contribution in [3.8, 4) is 22.6 Å². The number of aryl methyl sites for hydroxylation is 3. The first-order valence-corrected chi connectivity index (χ1v) is 11.7. The summed E-state index contributed by atoms with van der Waals surface area (Å²) in [6.07, 6.45) is -0.153. The van der Waals surface area contributed by atoms with E-state index in [1.54, 1.807) is 21.1 Å². The number of carboxylic acid groups (broad SMARTS) is 1. The van der Waals surface area contributed by atoms with Crippen LogP contribution < -0.4 is 14.8 Å². The minimum Gasteiger partial charge on any atom is -0.497 e. The fourth-order valence-corrected chi connectivity index (χ4v) is 4.72. The molecule has 0 fully saturated rings. The number of carbonyl (C=O) groups is 1. The molecule has 0 bridgehead atoms. The number of hydrogen-bond acceptors (Lipinski definition) is 8. The highest BCUT2D eigenvalue weighted by Crippen LogP contribution is 2.41. The Labute approximate surface area is 212 Å². The van der Waals surface area contributed by atoms with Crippen LogP contribution in [0.25, 0.3) is 33.1 Å². The molecule has 37 heavy (non-hydrogen) atoms. The molecule has 5 aromatic rings. The van der Waals surface area contributed by atoms with Crippen LogP contribution in [0.5, 0.6) is 11.5 Å². The lowest BCUT2D eigenvalue weighted by Crippen LogP contribution is -2.16. The van der Waals surface area contributed by atoms with Crippen molar-refractivity contribution >= 4 is 33.7 Å². The predicted molar refractivity (Wildman–Crippen MR) is 139 cm³/mol. The molecule has 3 aromatic heterocycles. The largest absolute Gasteiger partial charge is 0.497 e. The van der Waals surface area contributed by atoms with Crippen molar-refractivity contribution in [1.29, 1.82) is 0 Å². The third-order valence-corrected chi connectivity index (χ3v) is 6.37. The van der Waals surface area contributed by atoms with E-state index in [9.17, 15) is 9.90 Å². The number of fused-ring (bicyclic) bond motifs is 3. The Balaban J connectivity index is 1.69. The Bertz CT molecular complexity index is 1620. The van der Waals surface area contributed by atoms with E-state index in [0.717, 1.165) is 38.7 Å². The highest BCUT2D eigenvalue weighted by Gasteiger charge is 2.23. The number of aromatic amines is 1. The van der Waals surface area contributed by atoms with Crippen LogP contribution in [0.15, 0.2) is 40.9 Å². The van der Waals surface area contributed by atoms with Crippen LogP contribution in [0.4, 0.5) is 5.82 Å². The fraction of sp³-hybridized carbons (Fsp3) is 0.259. The number of nitrogens with one attached hydrogen (secondary N) is 2. The zero-order chi connectivity index (χ0) is 26.3. The molecule has 3 heterocycles. The molecule has 1 atom stereocenters. The second-order valence-electron chi connectivity index (χ2n) is 8.84. The van der Waals surface area contributed by atoms with E-state index >= 15 is 0 Å².